The number of aromatic nitrogens is 3. The Morgan fingerprint density at radius 1 is 0.700 bits per heavy atom. The maximum atomic E-state index is 5.68. The standard InChI is InChI=1S/C19H24N6O4.ClH/c1-2-15-16(29-12-11-28-15)13-14(1)20-17-21-18(24-3-7-26-8-4-24)23-19(22-17)25-5-9-27-10-6-25;/h1-2,13H,3-12H2,(H,20,21,22,23);1H. The Kier molecular flexibility index (Phi) is 6.56. The van der Waals surface area contributed by atoms with Crippen LogP contribution < -0.4 is 24.6 Å². The van der Waals surface area contributed by atoms with Gasteiger partial charge >= 0.3 is 0 Å². The van der Waals surface area contributed by atoms with E-state index >= 15 is 0 Å². The molecular weight excluding hydrogens is 412 g/mol. The Labute approximate surface area is 180 Å². The first-order valence-corrected chi connectivity index (χ1v) is 9.93. The van der Waals surface area contributed by atoms with Crippen molar-refractivity contribution in [1.29, 1.82) is 0 Å². The van der Waals surface area contributed by atoms with Crippen LogP contribution in [0.4, 0.5) is 23.5 Å². The van der Waals surface area contributed by atoms with Crippen LogP contribution in [0.1, 0.15) is 0 Å². The summed E-state index contributed by atoms with van der Waals surface area (Å²) in [5, 5.41) is 3.30. The van der Waals surface area contributed by atoms with E-state index in [4.69, 9.17) is 23.9 Å². The maximum absolute atomic E-state index is 5.68. The number of nitrogens with zero attached hydrogens (tertiary/aromatic N) is 5. The average Bonchev–Trinajstić information content (AvgIpc) is 2.80. The fraction of sp³-hybridized carbons (Fsp3) is 0.526. The fourth-order valence-electron chi connectivity index (χ4n) is 3.47. The van der Waals surface area contributed by atoms with Gasteiger partial charge in [-0.3, -0.25) is 0 Å². The molecule has 0 atom stereocenters. The molecule has 162 valence electrons. The van der Waals surface area contributed by atoms with Crippen LogP contribution in [-0.2, 0) is 9.47 Å². The summed E-state index contributed by atoms with van der Waals surface area (Å²) < 4.78 is 22.2. The van der Waals surface area contributed by atoms with Crippen LogP contribution in [0.2, 0.25) is 0 Å². The van der Waals surface area contributed by atoms with Gasteiger partial charge in [0.2, 0.25) is 17.8 Å². The Morgan fingerprint density at radius 2 is 1.27 bits per heavy atom. The Morgan fingerprint density at radius 3 is 1.87 bits per heavy atom. The molecule has 0 spiro atoms. The van der Waals surface area contributed by atoms with Crippen LogP contribution in [0.15, 0.2) is 18.2 Å². The first kappa shape index (κ1) is 20.7. The third kappa shape index (κ3) is 4.61. The number of benzene rings is 1. The molecule has 0 aliphatic carbocycles. The van der Waals surface area contributed by atoms with Gasteiger partial charge in [0.25, 0.3) is 0 Å². The monoisotopic (exact) mass is 436 g/mol. The number of hydrogen-bond donors (Lipinski definition) is 1. The zero-order chi connectivity index (χ0) is 19.5. The second-order valence-corrected chi connectivity index (χ2v) is 6.94. The van der Waals surface area contributed by atoms with E-state index in [1.54, 1.807) is 0 Å². The number of ether oxygens (including phenoxy) is 4. The molecule has 0 bridgehead atoms. The van der Waals surface area contributed by atoms with Gasteiger partial charge < -0.3 is 34.1 Å². The summed E-state index contributed by atoms with van der Waals surface area (Å²) in [6, 6.07) is 5.73. The minimum Gasteiger partial charge on any atom is -0.486 e. The van der Waals surface area contributed by atoms with E-state index in [1.165, 1.54) is 0 Å². The van der Waals surface area contributed by atoms with Crippen molar-refractivity contribution in [2.75, 3.05) is 80.9 Å². The molecule has 5 rings (SSSR count). The molecule has 30 heavy (non-hydrogen) atoms. The molecule has 3 aliphatic heterocycles. The SMILES string of the molecule is Cl.c1cc2c(cc1Nc1nc(N3CCOCC3)nc(N3CCOCC3)n1)OCCO2. The molecule has 2 fully saturated rings. The number of hydrogen-bond acceptors (Lipinski definition) is 10. The predicted molar refractivity (Wildman–Crippen MR) is 114 cm³/mol. The summed E-state index contributed by atoms with van der Waals surface area (Å²) in [6.45, 7) is 6.84. The fourth-order valence-corrected chi connectivity index (χ4v) is 3.47. The molecule has 4 heterocycles. The lowest BCUT2D eigenvalue weighted by Crippen LogP contribution is -2.40. The molecule has 2 saturated heterocycles. The van der Waals surface area contributed by atoms with Gasteiger partial charge in [0.1, 0.15) is 13.2 Å². The van der Waals surface area contributed by atoms with E-state index in [1.807, 2.05) is 18.2 Å². The van der Waals surface area contributed by atoms with Crippen LogP contribution in [0.25, 0.3) is 0 Å². The van der Waals surface area contributed by atoms with Crippen LogP contribution >= 0.6 is 12.4 Å². The number of anilines is 4. The second-order valence-electron chi connectivity index (χ2n) is 6.94. The molecule has 0 unspecified atom stereocenters. The molecule has 3 aliphatic rings. The second kappa shape index (κ2) is 9.50. The molecule has 11 heteroatoms. The zero-order valence-corrected chi connectivity index (χ0v) is 17.4. The molecule has 10 nitrogen and oxygen atoms in total. The van der Waals surface area contributed by atoms with E-state index in [9.17, 15) is 0 Å². The highest BCUT2D eigenvalue weighted by atomic mass is 35.5. The highest BCUT2D eigenvalue weighted by molar-refractivity contribution is 5.85. The molecule has 1 aromatic carbocycles. The van der Waals surface area contributed by atoms with E-state index < -0.39 is 0 Å². The van der Waals surface area contributed by atoms with Gasteiger partial charge in [-0.15, -0.1) is 12.4 Å². The minimum absolute atomic E-state index is 0. The smallest absolute Gasteiger partial charge is 0.233 e. The summed E-state index contributed by atoms with van der Waals surface area (Å²) in [5.41, 5.74) is 0.835. The largest absolute Gasteiger partial charge is 0.486 e. The van der Waals surface area contributed by atoms with Gasteiger partial charge in [-0.25, -0.2) is 0 Å². The zero-order valence-electron chi connectivity index (χ0n) is 16.6. The summed E-state index contributed by atoms with van der Waals surface area (Å²) in [5.74, 6) is 3.28. The van der Waals surface area contributed by atoms with Gasteiger partial charge in [-0.2, -0.15) is 15.0 Å². The number of fused-ring (bicyclic) bond motifs is 1. The lowest BCUT2D eigenvalue weighted by atomic mass is 10.2. The molecule has 0 amide bonds. The van der Waals surface area contributed by atoms with Gasteiger partial charge in [0.05, 0.1) is 26.4 Å². The van der Waals surface area contributed by atoms with E-state index in [2.05, 4.69) is 25.1 Å². The maximum Gasteiger partial charge on any atom is 0.233 e. The van der Waals surface area contributed by atoms with E-state index in [-0.39, 0.29) is 12.4 Å². The summed E-state index contributed by atoms with van der Waals surface area (Å²) in [4.78, 5) is 18.3. The van der Waals surface area contributed by atoms with E-state index in [0.29, 0.717) is 57.5 Å². The van der Waals surface area contributed by atoms with Crippen molar-refractivity contribution in [1.82, 2.24) is 15.0 Å². The number of nitrogens with one attached hydrogen (secondary N) is 1. The van der Waals surface area contributed by atoms with Gasteiger partial charge in [-0.05, 0) is 12.1 Å². The number of rotatable bonds is 4. The van der Waals surface area contributed by atoms with Crippen molar-refractivity contribution in [2.45, 2.75) is 0 Å². The third-order valence-electron chi connectivity index (χ3n) is 5.00. The quantitative estimate of drug-likeness (QED) is 0.759. The van der Waals surface area contributed by atoms with Gasteiger partial charge in [-0.1, -0.05) is 0 Å². The average molecular weight is 437 g/mol. The lowest BCUT2D eigenvalue weighted by Gasteiger charge is -2.30. The first-order valence-electron chi connectivity index (χ1n) is 9.93. The lowest BCUT2D eigenvalue weighted by molar-refractivity contribution is 0.121. The van der Waals surface area contributed by atoms with Gasteiger partial charge in [0.15, 0.2) is 11.5 Å². The van der Waals surface area contributed by atoms with Crippen molar-refractivity contribution in [3.63, 3.8) is 0 Å². The highest BCUT2D eigenvalue weighted by Crippen LogP contribution is 2.33. The molecule has 1 aromatic heterocycles. The first-order chi connectivity index (χ1) is 14.3. The van der Waals surface area contributed by atoms with Crippen LogP contribution in [0, 0.1) is 0 Å². The van der Waals surface area contributed by atoms with Crippen molar-refractivity contribution in [3.8, 4) is 11.5 Å². The summed E-state index contributed by atoms with van der Waals surface area (Å²) in [7, 11) is 0. The molecular formula is C19H25ClN6O4. The topological polar surface area (TPSA) is 94.1 Å². The van der Waals surface area contributed by atoms with E-state index in [0.717, 1.165) is 43.4 Å². The number of halogens is 1. The normalized spacial score (nSPS) is 18.5. The minimum atomic E-state index is 0. The molecule has 0 saturated carbocycles. The van der Waals surface area contributed by atoms with Crippen molar-refractivity contribution >= 4 is 35.9 Å². The Bertz CT molecular complexity index is 825. The van der Waals surface area contributed by atoms with Crippen LogP contribution in [-0.4, -0.2) is 80.8 Å². The van der Waals surface area contributed by atoms with Crippen LogP contribution in [0.5, 0.6) is 11.5 Å². The van der Waals surface area contributed by atoms with Crippen molar-refractivity contribution < 1.29 is 18.9 Å². The molecule has 2 aromatic rings. The Balaban J connectivity index is 0.00000218. The van der Waals surface area contributed by atoms with Gasteiger partial charge in [0, 0.05) is 37.9 Å². The number of morpholine rings is 2. The molecule has 0 radical (unpaired) electrons. The summed E-state index contributed by atoms with van der Waals surface area (Å²) >= 11 is 0. The predicted octanol–water partition coefficient (Wildman–Crippen LogP) is 1.48. The Hall–Kier alpha value is -2.56. The highest BCUT2D eigenvalue weighted by Gasteiger charge is 2.21. The summed E-state index contributed by atoms with van der Waals surface area (Å²) in [6.07, 6.45) is 0. The van der Waals surface area contributed by atoms with Crippen molar-refractivity contribution in [3.05, 3.63) is 18.2 Å². The third-order valence-corrected chi connectivity index (χ3v) is 5.00. The van der Waals surface area contributed by atoms with Crippen molar-refractivity contribution in [2.24, 2.45) is 0 Å². The van der Waals surface area contributed by atoms with Crippen LogP contribution in [0.3, 0.4) is 0 Å². The molecule has 1 N–H and O–H groups in total.